The van der Waals surface area contributed by atoms with Gasteiger partial charge in [0.1, 0.15) is 36.7 Å². The maximum Gasteiger partial charge on any atom is 0.308 e. The molecule has 3 fully saturated rings. The van der Waals surface area contributed by atoms with Gasteiger partial charge in [-0.25, -0.2) is 9.67 Å². The van der Waals surface area contributed by atoms with Crippen molar-refractivity contribution in [2.24, 2.45) is 28.8 Å². The summed E-state index contributed by atoms with van der Waals surface area (Å²) >= 11 is 0. The van der Waals surface area contributed by atoms with Crippen molar-refractivity contribution >= 4 is 17.5 Å². The molecule has 3 N–H and O–H groups in total. The van der Waals surface area contributed by atoms with Gasteiger partial charge in [-0.1, -0.05) is 49.7 Å². The number of oxime groups is 1. The van der Waals surface area contributed by atoms with Gasteiger partial charge in [0, 0.05) is 57.2 Å². The summed E-state index contributed by atoms with van der Waals surface area (Å²) in [5.74, 6) is -1.67. The van der Waals surface area contributed by atoms with Crippen LogP contribution in [0.4, 0.5) is 0 Å². The number of nitrogens with zero attached hydrogens (tertiary/aromatic N) is 5. The number of ether oxygens (including phenoxy) is 8. The molecule has 0 aromatic carbocycles. The minimum absolute atomic E-state index is 0.0402. The highest BCUT2D eigenvalue weighted by Crippen LogP contribution is 2.36. The highest BCUT2D eigenvalue weighted by Gasteiger charge is 2.48. The van der Waals surface area contributed by atoms with Gasteiger partial charge in [-0.15, -0.1) is 0 Å². The van der Waals surface area contributed by atoms with Crippen molar-refractivity contribution in [3.8, 4) is 5.82 Å². The highest BCUT2D eigenvalue weighted by molar-refractivity contribution is 5.91. The second-order valence-corrected chi connectivity index (χ2v) is 20.1. The lowest BCUT2D eigenvalue weighted by Gasteiger charge is -2.47. The fraction of sp³-hybridized carbons (Fsp3) is 0.717. The van der Waals surface area contributed by atoms with Crippen LogP contribution < -0.4 is 0 Å². The number of carbonyl (C=O) groups is 2. The number of rotatable bonds is 15. The van der Waals surface area contributed by atoms with Crippen LogP contribution >= 0.6 is 0 Å². The number of hydrogen-bond acceptors (Lipinski definition) is 18. The summed E-state index contributed by atoms with van der Waals surface area (Å²) < 4.78 is 52.1. The molecule has 6 rings (SSSR count). The second-order valence-electron chi connectivity index (χ2n) is 20.1. The number of hydrogen-bond donors (Lipinski definition) is 3. The molecule has 2 bridgehead atoms. The van der Waals surface area contributed by atoms with E-state index in [9.17, 15) is 24.9 Å². The predicted octanol–water partition coefficient (Wildman–Crippen LogP) is 4.42. The van der Waals surface area contributed by atoms with Crippen molar-refractivity contribution in [1.29, 1.82) is 0 Å². The molecule has 16 atom stereocenters. The third-order valence-electron chi connectivity index (χ3n) is 14.6. The van der Waals surface area contributed by atoms with Crippen LogP contribution in [0.15, 0.2) is 65.7 Å². The molecule has 19 nitrogen and oxygen atoms in total. The molecular formula is C53H81N5O14. The minimum Gasteiger partial charge on any atom is -0.462 e. The van der Waals surface area contributed by atoms with E-state index in [0.717, 1.165) is 17.0 Å². The molecule has 72 heavy (non-hydrogen) atoms. The number of likely N-dealkylation sites (N-methyl/N-ethyl adjacent to an activating group) is 1. The summed E-state index contributed by atoms with van der Waals surface area (Å²) in [5.41, 5.74) is 2.31. The van der Waals surface area contributed by atoms with E-state index in [4.69, 9.17) is 42.7 Å². The Kier molecular flexibility index (Phi) is 22.3. The summed E-state index contributed by atoms with van der Waals surface area (Å²) in [7, 11) is 6.66. The fourth-order valence-corrected chi connectivity index (χ4v) is 10.4. The molecule has 402 valence electrons. The molecule has 1 saturated carbocycles. The molecule has 4 aliphatic rings. The zero-order chi connectivity index (χ0) is 51.9. The van der Waals surface area contributed by atoms with E-state index in [2.05, 4.69) is 15.2 Å². The van der Waals surface area contributed by atoms with Crippen LogP contribution in [0.2, 0.25) is 0 Å². The van der Waals surface area contributed by atoms with Crippen molar-refractivity contribution in [1.82, 2.24) is 19.7 Å². The van der Waals surface area contributed by atoms with Crippen LogP contribution in [-0.4, -0.2) is 187 Å². The molecule has 2 aromatic rings. The van der Waals surface area contributed by atoms with E-state index in [-0.39, 0.29) is 44.5 Å². The molecule has 2 saturated heterocycles. The van der Waals surface area contributed by atoms with E-state index >= 15 is 0 Å². The number of aliphatic hydroxyl groups is 3. The molecule has 19 heteroatoms. The van der Waals surface area contributed by atoms with Crippen LogP contribution in [0.25, 0.3) is 5.82 Å². The van der Waals surface area contributed by atoms with Crippen molar-refractivity contribution in [2.75, 3.05) is 61.3 Å². The molecule has 1 aliphatic carbocycles. The zero-order valence-electron chi connectivity index (χ0n) is 43.7. The van der Waals surface area contributed by atoms with Gasteiger partial charge in [0.25, 0.3) is 0 Å². The number of fused-ring (bicyclic) bond motifs is 3. The Hall–Kier alpha value is -3.99. The number of allylic oxidation sites excluding steroid dienone is 3. The third kappa shape index (κ3) is 15.5. The Morgan fingerprint density at radius 1 is 0.972 bits per heavy atom. The first-order chi connectivity index (χ1) is 34.6. The lowest BCUT2D eigenvalue weighted by atomic mass is 9.79. The quantitative estimate of drug-likeness (QED) is 0.128. The number of aromatic nitrogens is 3. The van der Waals surface area contributed by atoms with Gasteiger partial charge in [0.15, 0.2) is 17.9 Å². The van der Waals surface area contributed by atoms with E-state index < -0.39 is 97.1 Å². The highest BCUT2D eigenvalue weighted by atomic mass is 16.7. The Balaban J connectivity index is 1.27. The summed E-state index contributed by atoms with van der Waals surface area (Å²) in [6, 6.07) is 5.07. The molecule has 0 spiro atoms. The van der Waals surface area contributed by atoms with Gasteiger partial charge >= 0.3 is 5.97 Å². The van der Waals surface area contributed by atoms with Gasteiger partial charge in [-0.2, -0.15) is 5.10 Å². The van der Waals surface area contributed by atoms with Crippen molar-refractivity contribution < 1.29 is 67.6 Å². The van der Waals surface area contributed by atoms with Crippen molar-refractivity contribution in [3.05, 3.63) is 66.2 Å². The lowest BCUT2D eigenvalue weighted by molar-refractivity contribution is -0.305. The first-order valence-corrected chi connectivity index (χ1v) is 25.7. The van der Waals surface area contributed by atoms with Crippen LogP contribution in [0, 0.1) is 23.7 Å². The molecular weight excluding hydrogens is 931 g/mol. The first-order valence-electron chi connectivity index (χ1n) is 25.7. The molecule has 1 unspecified atom stereocenters. The Bertz CT molecular complexity index is 2050. The smallest absolute Gasteiger partial charge is 0.308 e. The minimum atomic E-state index is -1.25. The van der Waals surface area contributed by atoms with Crippen molar-refractivity contribution in [2.45, 2.75) is 159 Å². The Morgan fingerprint density at radius 2 is 1.76 bits per heavy atom. The van der Waals surface area contributed by atoms with E-state index in [1.165, 1.54) is 7.11 Å². The lowest BCUT2D eigenvalue weighted by Crippen LogP contribution is -2.63. The normalized spacial score (nSPS) is 36.6. The van der Waals surface area contributed by atoms with Crippen LogP contribution in [0.3, 0.4) is 0 Å². The number of carbonyl (C=O) groups excluding carboxylic acids is 2. The number of aryl methyl sites for hydroxylation is 1. The molecule has 5 heterocycles. The number of pyridine rings is 1. The average Bonchev–Trinajstić information content (AvgIpc) is 3.91. The summed E-state index contributed by atoms with van der Waals surface area (Å²) in [6.07, 6.45) is 5.70. The number of aliphatic hydroxyl groups excluding tert-OH is 3. The van der Waals surface area contributed by atoms with E-state index in [1.807, 2.05) is 64.4 Å². The summed E-state index contributed by atoms with van der Waals surface area (Å²) in [4.78, 5) is 40.7. The van der Waals surface area contributed by atoms with Gasteiger partial charge in [0.05, 0.1) is 68.9 Å². The SMILES string of the molecule is CC[C@H]1OC(=O)C[C@H]2OC/C(=N/OCCCc3ccc(-n4cccn4)nc3)COCCC(C[C@@H](C)C(=O)/C=C/C(C)=C/[C@@H]1CO[C@@H]1CC[C@@H](O)[C@@H](OC)[C@H]1OC)[C@H](O[C@@H]1O[C@H](C)[C@@H](O)[C@H](N(C)C)[C@H]1O)[C@H]2C. The van der Waals surface area contributed by atoms with Gasteiger partial charge in [-0.05, 0) is 103 Å². The van der Waals surface area contributed by atoms with Gasteiger partial charge < -0.3 is 63.0 Å². The Morgan fingerprint density at radius 3 is 2.46 bits per heavy atom. The van der Waals surface area contributed by atoms with Crippen molar-refractivity contribution in [3.63, 3.8) is 0 Å². The van der Waals surface area contributed by atoms with E-state index in [0.29, 0.717) is 57.3 Å². The summed E-state index contributed by atoms with van der Waals surface area (Å²) in [6.45, 7) is 10.2. The van der Waals surface area contributed by atoms with Crippen LogP contribution in [0.1, 0.15) is 85.1 Å². The van der Waals surface area contributed by atoms with Crippen LogP contribution in [0.5, 0.6) is 0 Å². The largest absolute Gasteiger partial charge is 0.462 e. The molecule has 2 aromatic heterocycles. The number of ketones is 1. The number of cyclic esters (lactones) is 1. The van der Waals surface area contributed by atoms with Crippen LogP contribution in [-0.2, 0) is 58.7 Å². The number of esters is 1. The predicted molar refractivity (Wildman–Crippen MR) is 266 cm³/mol. The van der Waals surface area contributed by atoms with E-state index in [1.54, 1.807) is 56.1 Å². The first kappa shape index (κ1) is 57.3. The van der Waals surface area contributed by atoms with Gasteiger partial charge in [-0.3, -0.25) is 9.59 Å². The third-order valence-corrected chi connectivity index (χ3v) is 14.6. The maximum atomic E-state index is 14.5. The monoisotopic (exact) mass is 1010 g/mol. The number of methoxy groups -OCH3 is 2. The topological polar surface area (TPSA) is 224 Å². The zero-order valence-corrected chi connectivity index (χ0v) is 43.7. The standard InChI is InChI=1S/C53H81N5O14/c1-10-42-38(29-67-43-18-17-41(60)51(64-8)52(43)65-9)25-32(2)14-16-40(59)33(3)26-37-20-24-66-30-39(56-69-23-11-13-36-15-19-45(54-28-36)58-22-12-21-55-58)31-68-44(27-46(61)71-42)34(4)50(37)72-53-49(63)47(57(6)7)48(62)35(5)70-53/h12,14-16,19,21-22,25,28,33-35,37-38,41-44,47-53,60,62-63H,10-11,13,17-18,20,23-24,26-27,29-31H2,1-9H3/b16-14+,32-25+,56-39+/t33-,34+,35-,37?,38-,41-,42-,43-,44-,47+,48-,49-,50-,51-,52+,53+/m1/s1. The van der Waals surface area contributed by atoms with Gasteiger partial charge in [0.2, 0.25) is 0 Å². The summed E-state index contributed by atoms with van der Waals surface area (Å²) in [5, 5.41) is 42.2. The molecule has 3 aliphatic heterocycles. The second kappa shape index (κ2) is 28.1. The Labute approximate surface area is 425 Å². The maximum absolute atomic E-state index is 14.5. The molecule has 0 amide bonds. The fourth-order valence-electron chi connectivity index (χ4n) is 10.4. The molecule has 0 radical (unpaired) electrons. The average molecular weight is 1010 g/mol.